The second kappa shape index (κ2) is 8.57. The molecule has 0 aliphatic rings. The minimum absolute atomic E-state index is 0.0591. The fourth-order valence-electron chi connectivity index (χ4n) is 3.19. The number of rotatable bonds is 6. The molecule has 2 aromatic carbocycles. The highest BCUT2D eigenvalue weighted by Gasteiger charge is 2.29. The van der Waals surface area contributed by atoms with Crippen molar-refractivity contribution in [2.45, 2.75) is 59.0 Å². The van der Waals surface area contributed by atoms with Crippen LogP contribution in [0.15, 0.2) is 48.5 Å². The van der Waals surface area contributed by atoms with E-state index in [1.807, 2.05) is 38.1 Å². The SMILES string of the molecule is Cc1ccc(N(C(C)C(=O)NC(C)c2ccc(C(C)(C)C)cc2)S(C)(=O)=O)cc1. The third-order valence-corrected chi connectivity index (χ3v) is 6.25. The van der Waals surface area contributed by atoms with E-state index in [2.05, 4.69) is 38.2 Å². The number of carbonyl (C=O) groups is 1. The van der Waals surface area contributed by atoms with Gasteiger partial charge in [0.05, 0.1) is 18.0 Å². The Labute approximate surface area is 175 Å². The first-order valence-corrected chi connectivity index (χ1v) is 11.6. The summed E-state index contributed by atoms with van der Waals surface area (Å²) in [7, 11) is -3.62. The number of anilines is 1. The average Bonchev–Trinajstić information content (AvgIpc) is 2.61. The van der Waals surface area contributed by atoms with Crippen LogP contribution in [0.25, 0.3) is 0 Å². The topological polar surface area (TPSA) is 66.5 Å². The maximum absolute atomic E-state index is 12.9. The summed E-state index contributed by atoms with van der Waals surface area (Å²) in [5.74, 6) is -0.344. The lowest BCUT2D eigenvalue weighted by atomic mass is 9.86. The summed E-state index contributed by atoms with van der Waals surface area (Å²) < 4.78 is 26.0. The fourth-order valence-corrected chi connectivity index (χ4v) is 4.36. The molecular weight excluding hydrogens is 384 g/mol. The number of sulfonamides is 1. The van der Waals surface area contributed by atoms with Crippen molar-refractivity contribution in [3.8, 4) is 0 Å². The molecule has 2 unspecified atom stereocenters. The van der Waals surface area contributed by atoms with Gasteiger partial charge in [-0.1, -0.05) is 62.7 Å². The van der Waals surface area contributed by atoms with Gasteiger partial charge in [0.15, 0.2) is 0 Å². The molecule has 0 aromatic heterocycles. The molecule has 0 radical (unpaired) electrons. The summed E-state index contributed by atoms with van der Waals surface area (Å²) in [5.41, 5.74) is 3.74. The molecule has 0 saturated heterocycles. The highest BCUT2D eigenvalue weighted by Crippen LogP contribution is 2.25. The number of nitrogens with one attached hydrogen (secondary N) is 1. The number of hydrogen-bond acceptors (Lipinski definition) is 3. The van der Waals surface area contributed by atoms with Crippen LogP contribution in [0.4, 0.5) is 5.69 Å². The van der Waals surface area contributed by atoms with E-state index in [0.29, 0.717) is 5.69 Å². The molecule has 0 aliphatic heterocycles. The van der Waals surface area contributed by atoms with E-state index in [1.165, 1.54) is 5.56 Å². The van der Waals surface area contributed by atoms with Crippen LogP contribution in [0.5, 0.6) is 0 Å². The van der Waals surface area contributed by atoms with Crippen molar-refractivity contribution >= 4 is 21.6 Å². The van der Waals surface area contributed by atoms with Crippen molar-refractivity contribution in [2.24, 2.45) is 0 Å². The Morgan fingerprint density at radius 3 is 1.93 bits per heavy atom. The number of amides is 1. The molecule has 1 N–H and O–H groups in total. The number of carbonyl (C=O) groups excluding carboxylic acids is 1. The van der Waals surface area contributed by atoms with Crippen LogP contribution in [0.1, 0.15) is 57.4 Å². The molecular formula is C23H32N2O3S. The lowest BCUT2D eigenvalue weighted by Crippen LogP contribution is -2.48. The molecule has 2 rings (SSSR count). The molecule has 0 spiro atoms. The lowest BCUT2D eigenvalue weighted by molar-refractivity contribution is -0.122. The Hall–Kier alpha value is -2.34. The second-order valence-corrected chi connectivity index (χ2v) is 10.5. The molecule has 0 heterocycles. The highest BCUT2D eigenvalue weighted by molar-refractivity contribution is 7.92. The third kappa shape index (κ3) is 5.82. The summed E-state index contributed by atoms with van der Waals surface area (Å²) in [5, 5.41) is 2.94. The molecule has 1 amide bonds. The summed E-state index contributed by atoms with van der Waals surface area (Å²) in [6, 6.07) is 14.1. The van der Waals surface area contributed by atoms with Crippen LogP contribution in [-0.2, 0) is 20.2 Å². The van der Waals surface area contributed by atoms with Crippen molar-refractivity contribution in [3.63, 3.8) is 0 Å². The normalized spacial score (nSPS) is 14.2. The third-order valence-electron chi connectivity index (χ3n) is 5.01. The van der Waals surface area contributed by atoms with Crippen LogP contribution >= 0.6 is 0 Å². The Balaban J connectivity index is 2.19. The molecule has 0 fully saturated rings. The van der Waals surface area contributed by atoms with Gasteiger partial charge in [0.2, 0.25) is 15.9 Å². The van der Waals surface area contributed by atoms with Crippen LogP contribution in [0, 0.1) is 6.92 Å². The molecule has 6 heteroatoms. The van der Waals surface area contributed by atoms with Gasteiger partial charge >= 0.3 is 0 Å². The molecule has 0 saturated carbocycles. The Bertz CT molecular complexity index is 943. The average molecular weight is 417 g/mol. The van der Waals surface area contributed by atoms with E-state index < -0.39 is 16.1 Å². The quantitative estimate of drug-likeness (QED) is 0.762. The van der Waals surface area contributed by atoms with Crippen molar-refractivity contribution in [1.29, 1.82) is 0 Å². The lowest BCUT2D eigenvalue weighted by Gasteiger charge is -2.29. The monoisotopic (exact) mass is 416 g/mol. The predicted molar refractivity (Wildman–Crippen MR) is 120 cm³/mol. The van der Waals surface area contributed by atoms with Crippen LogP contribution in [0.3, 0.4) is 0 Å². The number of nitrogens with zero attached hydrogens (tertiary/aromatic N) is 1. The standard InChI is InChI=1S/C23H32N2O3S/c1-16-8-14-21(15-9-16)25(29(7,27)28)18(3)22(26)24-17(2)19-10-12-20(13-11-19)23(4,5)6/h8-15,17-18H,1-7H3,(H,24,26). The van der Waals surface area contributed by atoms with Crippen LogP contribution in [-0.4, -0.2) is 26.6 Å². The van der Waals surface area contributed by atoms with Gasteiger partial charge in [-0.2, -0.15) is 0 Å². The van der Waals surface area contributed by atoms with Gasteiger partial charge in [-0.05, 0) is 49.4 Å². The smallest absolute Gasteiger partial charge is 0.244 e. The van der Waals surface area contributed by atoms with Gasteiger partial charge in [-0.25, -0.2) is 8.42 Å². The molecule has 2 aromatic rings. The maximum atomic E-state index is 12.9. The van der Waals surface area contributed by atoms with E-state index in [-0.39, 0.29) is 17.4 Å². The van der Waals surface area contributed by atoms with E-state index in [9.17, 15) is 13.2 Å². The first kappa shape index (κ1) is 22.9. The van der Waals surface area contributed by atoms with Gasteiger partial charge in [-0.3, -0.25) is 9.10 Å². The van der Waals surface area contributed by atoms with Crippen molar-refractivity contribution in [1.82, 2.24) is 5.32 Å². The fraction of sp³-hybridized carbons (Fsp3) is 0.435. The maximum Gasteiger partial charge on any atom is 0.244 e. The molecule has 29 heavy (non-hydrogen) atoms. The van der Waals surface area contributed by atoms with Gasteiger partial charge in [0.1, 0.15) is 6.04 Å². The van der Waals surface area contributed by atoms with Crippen molar-refractivity contribution < 1.29 is 13.2 Å². The molecule has 158 valence electrons. The van der Waals surface area contributed by atoms with Crippen molar-refractivity contribution in [2.75, 3.05) is 10.6 Å². The molecule has 0 aliphatic carbocycles. The summed E-state index contributed by atoms with van der Waals surface area (Å²) in [6.45, 7) is 11.9. The van der Waals surface area contributed by atoms with Gasteiger partial charge in [-0.15, -0.1) is 0 Å². The first-order valence-electron chi connectivity index (χ1n) is 9.77. The van der Waals surface area contributed by atoms with E-state index >= 15 is 0 Å². The number of hydrogen-bond donors (Lipinski definition) is 1. The summed E-state index contributed by atoms with van der Waals surface area (Å²) in [6.07, 6.45) is 1.12. The first-order chi connectivity index (χ1) is 13.3. The zero-order valence-corrected chi connectivity index (χ0v) is 19.2. The van der Waals surface area contributed by atoms with E-state index in [0.717, 1.165) is 21.7 Å². The molecule has 2 atom stereocenters. The Morgan fingerprint density at radius 1 is 0.966 bits per heavy atom. The Kier molecular flexibility index (Phi) is 6.78. The van der Waals surface area contributed by atoms with Gasteiger partial charge < -0.3 is 5.32 Å². The van der Waals surface area contributed by atoms with Gasteiger partial charge in [0, 0.05) is 0 Å². The zero-order valence-electron chi connectivity index (χ0n) is 18.4. The molecule has 5 nitrogen and oxygen atoms in total. The number of benzene rings is 2. The molecule has 0 bridgehead atoms. The minimum atomic E-state index is -3.62. The van der Waals surface area contributed by atoms with Gasteiger partial charge in [0.25, 0.3) is 0 Å². The summed E-state index contributed by atoms with van der Waals surface area (Å²) >= 11 is 0. The van der Waals surface area contributed by atoms with Crippen LogP contribution in [0.2, 0.25) is 0 Å². The zero-order chi connectivity index (χ0) is 22.0. The number of aryl methyl sites for hydroxylation is 1. The Morgan fingerprint density at radius 2 is 1.48 bits per heavy atom. The van der Waals surface area contributed by atoms with Crippen molar-refractivity contribution in [3.05, 3.63) is 65.2 Å². The van der Waals surface area contributed by atoms with E-state index in [4.69, 9.17) is 0 Å². The second-order valence-electron chi connectivity index (χ2n) is 8.67. The minimum Gasteiger partial charge on any atom is -0.348 e. The summed E-state index contributed by atoms with van der Waals surface area (Å²) in [4.78, 5) is 12.9. The van der Waals surface area contributed by atoms with E-state index in [1.54, 1.807) is 19.1 Å². The predicted octanol–water partition coefficient (Wildman–Crippen LogP) is 4.32. The van der Waals surface area contributed by atoms with Crippen LogP contribution < -0.4 is 9.62 Å². The largest absolute Gasteiger partial charge is 0.348 e. The highest BCUT2D eigenvalue weighted by atomic mass is 32.2.